The minimum atomic E-state index is -0.309. The van der Waals surface area contributed by atoms with Crippen LogP contribution in [0.3, 0.4) is 0 Å². The maximum absolute atomic E-state index is 2.93. The molecule has 0 amide bonds. The molecule has 7 aliphatic rings. The second-order valence-corrected chi connectivity index (χ2v) is 31.7. The number of thioether (sulfide) groups is 4. The predicted octanol–water partition coefficient (Wildman–Crippen LogP) is 21.1. The normalized spacial score (nSPS) is 24.8. The molecule has 1 unspecified atom stereocenters. The molecule has 0 N–H and O–H groups in total. The third-order valence-electron chi connectivity index (χ3n) is 26.7. The summed E-state index contributed by atoms with van der Waals surface area (Å²) in [7, 11) is 2.57. The Hall–Kier alpha value is -7.48. The van der Waals surface area contributed by atoms with E-state index in [1.54, 1.807) is 313 Å². The first-order chi connectivity index (χ1) is 38.8. The highest BCUT2D eigenvalue weighted by Crippen LogP contribution is 2.86. The van der Waals surface area contributed by atoms with Crippen LogP contribution in [0.15, 0.2) is 53.9 Å². The molecule has 2 spiro atoms. The Kier molecular flexibility index (Phi) is 3.15. The summed E-state index contributed by atoms with van der Waals surface area (Å²) in [6.45, 7) is 1.04. The van der Waals surface area contributed by atoms with E-state index in [0.29, 0.717) is 0 Å². The molecule has 3 heterocycles. The molecule has 1 nitrogen and oxygen atoms in total. The lowest BCUT2D eigenvalue weighted by molar-refractivity contribution is 0.319. The van der Waals surface area contributed by atoms with Gasteiger partial charge in [-0.2, -0.15) is 0 Å². The zero-order valence-electron chi connectivity index (χ0n) is 39.9. The van der Waals surface area contributed by atoms with Crippen molar-refractivity contribution in [2.24, 2.45) is 0 Å². The molecular formula is C73H13NS4. The van der Waals surface area contributed by atoms with Crippen LogP contribution in [0.4, 0.5) is 0 Å². The second-order valence-electron chi connectivity index (χ2n) is 27.4. The lowest BCUT2D eigenvalue weighted by Crippen LogP contribution is -2.54. The average Bonchev–Trinajstić information content (AvgIpc) is 2.03. The summed E-state index contributed by atoms with van der Waals surface area (Å²) in [5.74, 6) is 0. The van der Waals surface area contributed by atoms with E-state index >= 15 is 0 Å². The molecule has 4 aliphatic carbocycles. The van der Waals surface area contributed by atoms with Gasteiger partial charge in [0, 0.05) is 17.5 Å². The van der Waals surface area contributed by atoms with Gasteiger partial charge in [-0.3, -0.25) is 4.90 Å². The summed E-state index contributed by atoms with van der Waals surface area (Å²) in [6.07, 6.45) is 10.1. The predicted molar refractivity (Wildman–Crippen MR) is 343 cm³/mol. The zero-order valence-corrected chi connectivity index (χ0v) is 43.2. The first-order valence-corrected chi connectivity index (χ1v) is 31.8. The highest BCUT2D eigenvalue weighted by Gasteiger charge is 2.75. The van der Waals surface area contributed by atoms with Gasteiger partial charge >= 0.3 is 0 Å². The fraction of sp³-hybridized carbons (Fsp3) is 0.0685. The van der Waals surface area contributed by atoms with Gasteiger partial charge in [-0.1, -0.05) is 65.3 Å². The molecule has 28 aromatic carbocycles. The van der Waals surface area contributed by atoms with Crippen molar-refractivity contribution in [2.45, 2.75) is 16.9 Å². The Balaban J connectivity index is 0.962. The van der Waals surface area contributed by atoms with Gasteiger partial charge in [0.2, 0.25) is 0 Å². The van der Waals surface area contributed by atoms with E-state index in [2.05, 4.69) is 52.5 Å². The molecule has 334 valence electrons. The van der Waals surface area contributed by atoms with Crippen molar-refractivity contribution in [1.82, 2.24) is 4.90 Å². The summed E-state index contributed by atoms with van der Waals surface area (Å²) in [5, 5.41) is 97.2. The lowest BCUT2D eigenvalue weighted by atomic mass is 9.48. The van der Waals surface area contributed by atoms with E-state index in [1.165, 1.54) is 13.4 Å². The summed E-state index contributed by atoms with van der Waals surface area (Å²) in [6, 6.07) is 0.160. The van der Waals surface area contributed by atoms with Gasteiger partial charge in [-0.25, -0.2) is 0 Å². The first-order valence-electron chi connectivity index (χ1n) is 28.4. The molecule has 0 saturated carbocycles. The number of rotatable bonds is 3. The molecule has 1 saturated heterocycles. The maximum atomic E-state index is 2.93. The van der Waals surface area contributed by atoms with Gasteiger partial charge in [-0.15, -0.1) is 0 Å². The van der Waals surface area contributed by atoms with Gasteiger partial charge < -0.3 is 0 Å². The molecule has 28 aromatic rings. The third kappa shape index (κ3) is 1.88. The van der Waals surface area contributed by atoms with Crippen molar-refractivity contribution in [1.29, 1.82) is 0 Å². The second kappa shape index (κ2) is 7.73. The fourth-order valence-corrected chi connectivity index (χ4v) is 30.8. The summed E-state index contributed by atoms with van der Waals surface area (Å²) in [5.41, 5.74) is 6.52. The number of nitrogens with zero attached hydrogens (tertiary/aromatic N) is 1. The Morgan fingerprint density at radius 1 is 0.333 bits per heavy atom. The number of likely N-dealkylation sites (N-methyl/N-ethyl adjacent to an activating group) is 1. The van der Waals surface area contributed by atoms with Crippen LogP contribution in [0.2, 0.25) is 0 Å². The molecule has 0 bridgehead atoms. The van der Waals surface area contributed by atoms with E-state index in [0.717, 1.165) is 6.54 Å². The SMILES string of the molecule is CN1CC23c4c5c6c7c8c9c(c%10c%11c2c2c4c4c%12c5c5c6c6c8c8c%13c9c9c%10c%10c%11c%11c2c2c4c4c%12c%12c5c5c6c8c6c8c%13c9c9c%10c%10c%11c2c2c4c4c%12c5c6c5c8c9c%10c2c45)C73C1/C=C\C=C\C1=CSC(=C2SC=CS2)S1. The standard InChI is InChI=1S/C73H13NS4/c1-74-9-72-66-58-50-40-30-22-14-12-13-16-20-18(14)26-34-28(20)38-32-24(16)25-17(13)21-19-15(12)23(22)31-37-27(19)35-29(21)39-33(25)43-42(32)54-48(38)56-46(34)52(44(50)36(26)30)60(66)62(56)68-64(54)65-55(43)49(39)57-47(35)53-45(37)51(41(31)40)59(58)67(72)61(53)63(57)69(65)73(68,72)11(74)5-3-2-4-10-8-77-71(78-10)70-75-6-7-76-70/h2-8,11H,9H2,1H3/b4-2+,5-3-. The molecule has 1 fully saturated rings. The highest BCUT2D eigenvalue weighted by atomic mass is 32.2. The van der Waals surface area contributed by atoms with Gasteiger partial charge in [0.1, 0.15) is 0 Å². The zero-order chi connectivity index (χ0) is 46.9. The van der Waals surface area contributed by atoms with Crippen molar-refractivity contribution in [3.05, 3.63) is 76.2 Å². The van der Waals surface area contributed by atoms with Crippen LogP contribution in [-0.4, -0.2) is 24.5 Å². The van der Waals surface area contributed by atoms with Crippen LogP contribution < -0.4 is 0 Å². The van der Waals surface area contributed by atoms with Crippen LogP contribution in [-0.2, 0) is 10.8 Å². The molecule has 0 radical (unpaired) electrons. The third-order valence-corrected chi connectivity index (χ3v) is 31.7. The van der Waals surface area contributed by atoms with E-state index in [4.69, 9.17) is 0 Å². The number of allylic oxidation sites excluding steroid dienone is 3. The number of hydrogen-bond acceptors (Lipinski definition) is 5. The van der Waals surface area contributed by atoms with Gasteiger partial charge in [0.25, 0.3) is 0 Å². The number of likely N-dealkylation sites (tertiary alicyclic amines) is 1. The van der Waals surface area contributed by atoms with Gasteiger partial charge in [0.05, 0.1) is 19.3 Å². The van der Waals surface area contributed by atoms with Crippen LogP contribution in [0.1, 0.15) is 22.3 Å². The topological polar surface area (TPSA) is 3.24 Å². The van der Waals surface area contributed by atoms with Crippen molar-refractivity contribution in [3.8, 4) is 0 Å². The summed E-state index contributed by atoms with van der Waals surface area (Å²) in [4.78, 5) is 4.28. The van der Waals surface area contributed by atoms with Gasteiger partial charge in [-0.05, 0) is 342 Å². The Bertz CT molecular complexity index is 7580. The lowest BCUT2D eigenvalue weighted by Gasteiger charge is -2.51. The van der Waals surface area contributed by atoms with E-state index < -0.39 is 0 Å². The summed E-state index contributed by atoms with van der Waals surface area (Å²) >= 11 is 7.61. The smallest absolute Gasteiger partial charge is 0.0700 e. The molecule has 3 aliphatic heterocycles. The highest BCUT2D eigenvalue weighted by molar-refractivity contribution is 8.33. The van der Waals surface area contributed by atoms with Crippen molar-refractivity contribution >= 4 is 338 Å². The van der Waals surface area contributed by atoms with E-state index in [9.17, 15) is 0 Å². The average molecular weight is 1030 g/mol. The molecular weight excluding hydrogens is 1020 g/mol. The van der Waals surface area contributed by atoms with Crippen molar-refractivity contribution < 1.29 is 0 Å². The maximum Gasteiger partial charge on any atom is 0.0700 e. The number of benzene rings is 18. The molecule has 1 atom stereocenters. The first kappa shape index (κ1) is 31.8. The van der Waals surface area contributed by atoms with Crippen molar-refractivity contribution in [3.63, 3.8) is 0 Å². The van der Waals surface area contributed by atoms with E-state index in [-0.39, 0.29) is 16.9 Å². The van der Waals surface area contributed by atoms with Crippen LogP contribution in [0.25, 0.3) is 291 Å². The fourth-order valence-electron chi connectivity index (χ4n) is 26.4. The Labute approximate surface area is 445 Å². The monoisotopic (exact) mass is 1030 g/mol. The number of hydrogen-bond donors (Lipinski definition) is 0. The Morgan fingerprint density at radius 3 is 0.897 bits per heavy atom. The Morgan fingerprint density at radius 2 is 0.603 bits per heavy atom. The minimum absolute atomic E-state index is 0.160. The van der Waals surface area contributed by atoms with Crippen LogP contribution in [0, 0.1) is 0 Å². The van der Waals surface area contributed by atoms with E-state index in [1.807, 2.05) is 47.0 Å². The molecule has 5 heteroatoms. The summed E-state index contributed by atoms with van der Waals surface area (Å²) < 4.78 is 2.85. The van der Waals surface area contributed by atoms with Crippen LogP contribution >= 0.6 is 47.0 Å². The van der Waals surface area contributed by atoms with Gasteiger partial charge in [0.15, 0.2) is 0 Å². The largest absolute Gasteiger partial charge is 0.297 e. The minimum Gasteiger partial charge on any atom is -0.297 e. The molecule has 0 aromatic heterocycles. The molecule has 78 heavy (non-hydrogen) atoms. The quantitative estimate of drug-likeness (QED) is 0.128. The molecule has 35 rings (SSSR count). The van der Waals surface area contributed by atoms with Crippen LogP contribution in [0.5, 0.6) is 0 Å². The van der Waals surface area contributed by atoms with Crippen molar-refractivity contribution in [2.75, 3.05) is 13.6 Å².